The Morgan fingerprint density at radius 2 is 2.04 bits per heavy atom. The number of unbranched alkanes of at least 4 members (excludes halogenated alkanes) is 1. The molecule has 1 aliphatic rings. The summed E-state index contributed by atoms with van der Waals surface area (Å²) >= 11 is 0. The van der Waals surface area contributed by atoms with E-state index in [2.05, 4.69) is 29.4 Å². The fraction of sp³-hybridized carbons (Fsp3) is 0.318. The van der Waals surface area contributed by atoms with Gasteiger partial charge in [-0.1, -0.05) is 37.6 Å². The number of aromatic nitrogens is 1. The van der Waals surface area contributed by atoms with Crippen LogP contribution in [0.4, 0.5) is 0 Å². The zero-order chi connectivity index (χ0) is 18.6. The minimum absolute atomic E-state index is 0.0581. The zero-order valence-electron chi connectivity index (χ0n) is 15.5. The molecule has 0 bridgehead atoms. The van der Waals surface area contributed by atoms with Crippen LogP contribution in [0.2, 0.25) is 0 Å². The molecule has 1 aliphatic heterocycles. The molecule has 0 saturated heterocycles. The lowest BCUT2D eigenvalue weighted by atomic mass is 9.87. The number of benzene rings is 2. The fourth-order valence-corrected chi connectivity index (χ4v) is 3.58. The van der Waals surface area contributed by atoms with Gasteiger partial charge in [-0.15, -0.1) is 0 Å². The number of H-pyrrole nitrogens is 1. The van der Waals surface area contributed by atoms with Gasteiger partial charge >= 0.3 is 0 Å². The second-order valence-corrected chi connectivity index (χ2v) is 6.86. The normalized spacial score (nSPS) is 13.7. The minimum Gasteiger partial charge on any atom is -0.454 e. The highest BCUT2D eigenvalue weighted by atomic mass is 16.7. The molecule has 0 unspecified atom stereocenters. The highest BCUT2D eigenvalue weighted by Gasteiger charge is 2.24. The maximum Gasteiger partial charge on any atom is 0.231 e. The molecule has 1 aromatic heterocycles. The van der Waals surface area contributed by atoms with Crippen LogP contribution >= 0.6 is 0 Å². The molecule has 0 spiro atoms. The van der Waals surface area contributed by atoms with Crippen molar-refractivity contribution in [2.45, 2.75) is 32.1 Å². The fourth-order valence-electron chi connectivity index (χ4n) is 3.58. The number of para-hydroxylation sites is 1. The van der Waals surface area contributed by atoms with E-state index in [1.807, 2.05) is 36.5 Å². The summed E-state index contributed by atoms with van der Waals surface area (Å²) in [7, 11) is 0. The lowest BCUT2D eigenvalue weighted by Crippen LogP contribution is -2.26. The molecule has 4 rings (SSSR count). The van der Waals surface area contributed by atoms with Crippen molar-refractivity contribution in [2.75, 3.05) is 13.3 Å². The van der Waals surface area contributed by atoms with E-state index in [0.29, 0.717) is 6.42 Å². The monoisotopic (exact) mass is 364 g/mol. The molecule has 1 amide bonds. The second-order valence-electron chi connectivity index (χ2n) is 6.86. The number of nitrogens with one attached hydrogen (secondary N) is 2. The number of ether oxygens (including phenoxy) is 2. The first-order chi connectivity index (χ1) is 13.3. The summed E-state index contributed by atoms with van der Waals surface area (Å²) in [6.45, 7) is 3.08. The third kappa shape index (κ3) is 3.63. The zero-order valence-corrected chi connectivity index (χ0v) is 15.5. The maximum absolute atomic E-state index is 12.6. The average Bonchev–Trinajstić information content (AvgIpc) is 3.32. The Hall–Kier alpha value is -2.95. The summed E-state index contributed by atoms with van der Waals surface area (Å²) in [6, 6.07) is 14.1. The van der Waals surface area contributed by atoms with Crippen molar-refractivity contribution in [2.24, 2.45) is 0 Å². The van der Waals surface area contributed by atoms with Crippen LogP contribution in [0.3, 0.4) is 0 Å². The number of amides is 1. The van der Waals surface area contributed by atoms with Crippen LogP contribution < -0.4 is 14.8 Å². The summed E-state index contributed by atoms with van der Waals surface area (Å²) in [6.07, 6.45) is 4.46. The third-order valence-electron chi connectivity index (χ3n) is 5.04. The van der Waals surface area contributed by atoms with Gasteiger partial charge in [-0.2, -0.15) is 0 Å². The van der Waals surface area contributed by atoms with Crippen molar-refractivity contribution >= 4 is 16.8 Å². The number of hydrogen-bond acceptors (Lipinski definition) is 3. The SMILES string of the molecule is CCCCNC(=O)C[C@H](c1ccc2c(c1)OCO2)c1c[nH]c2ccccc12. The molecule has 2 aromatic carbocycles. The van der Waals surface area contributed by atoms with Gasteiger partial charge in [0.15, 0.2) is 11.5 Å². The van der Waals surface area contributed by atoms with Gasteiger partial charge < -0.3 is 19.8 Å². The largest absolute Gasteiger partial charge is 0.454 e. The molecule has 140 valence electrons. The number of carbonyl (C=O) groups excluding carboxylic acids is 1. The molecule has 3 aromatic rings. The Balaban J connectivity index is 1.68. The smallest absolute Gasteiger partial charge is 0.231 e. The van der Waals surface area contributed by atoms with Crippen LogP contribution in [-0.4, -0.2) is 24.2 Å². The van der Waals surface area contributed by atoms with E-state index in [1.165, 1.54) is 0 Å². The highest BCUT2D eigenvalue weighted by Crippen LogP contribution is 2.39. The van der Waals surface area contributed by atoms with Crippen LogP contribution in [0.5, 0.6) is 11.5 Å². The summed E-state index contributed by atoms with van der Waals surface area (Å²) in [4.78, 5) is 15.9. The van der Waals surface area contributed by atoms with Gasteiger partial charge in [0.05, 0.1) is 0 Å². The molecule has 5 nitrogen and oxygen atoms in total. The topological polar surface area (TPSA) is 63.4 Å². The number of fused-ring (bicyclic) bond motifs is 2. The van der Waals surface area contributed by atoms with E-state index in [1.54, 1.807) is 0 Å². The molecule has 0 aliphatic carbocycles. The lowest BCUT2D eigenvalue weighted by Gasteiger charge is -2.18. The van der Waals surface area contributed by atoms with Crippen molar-refractivity contribution in [3.05, 3.63) is 59.8 Å². The Morgan fingerprint density at radius 3 is 2.93 bits per heavy atom. The van der Waals surface area contributed by atoms with Gasteiger partial charge in [0.2, 0.25) is 12.7 Å². The average molecular weight is 364 g/mol. The molecule has 0 radical (unpaired) electrons. The van der Waals surface area contributed by atoms with Crippen LogP contribution in [0.15, 0.2) is 48.7 Å². The Labute approximate surface area is 158 Å². The van der Waals surface area contributed by atoms with E-state index in [0.717, 1.165) is 52.9 Å². The van der Waals surface area contributed by atoms with Crippen LogP contribution in [-0.2, 0) is 4.79 Å². The quantitative estimate of drug-likeness (QED) is 0.613. The van der Waals surface area contributed by atoms with Gasteiger partial charge in [0.1, 0.15) is 0 Å². The van der Waals surface area contributed by atoms with Crippen LogP contribution in [0.1, 0.15) is 43.2 Å². The second kappa shape index (κ2) is 7.74. The number of rotatable bonds is 7. The third-order valence-corrected chi connectivity index (χ3v) is 5.04. The van der Waals surface area contributed by atoms with Gasteiger partial charge in [0, 0.05) is 36.0 Å². The first-order valence-corrected chi connectivity index (χ1v) is 9.48. The van der Waals surface area contributed by atoms with Crippen molar-refractivity contribution in [1.29, 1.82) is 0 Å². The molecule has 0 saturated carbocycles. The van der Waals surface area contributed by atoms with Gasteiger partial charge in [-0.25, -0.2) is 0 Å². The van der Waals surface area contributed by atoms with E-state index in [9.17, 15) is 4.79 Å². The first-order valence-electron chi connectivity index (χ1n) is 9.48. The Morgan fingerprint density at radius 1 is 1.19 bits per heavy atom. The van der Waals surface area contributed by atoms with Crippen LogP contribution in [0, 0.1) is 0 Å². The summed E-state index contributed by atoms with van der Waals surface area (Å²) in [5.74, 6) is 1.50. The maximum atomic E-state index is 12.6. The van der Waals surface area contributed by atoms with E-state index < -0.39 is 0 Å². The predicted molar refractivity (Wildman–Crippen MR) is 105 cm³/mol. The standard InChI is InChI=1S/C22H24N2O3/c1-2-3-10-23-22(25)12-17(15-8-9-20-21(11-15)27-14-26-20)18-13-24-19-7-5-4-6-16(18)19/h4-9,11,13,17,24H,2-3,10,12,14H2,1H3,(H,23,25)/t17-/m1/s1. The Bertz CT molecular complexity index is 948. The lowest BCUT2D eigenvalue weighted by molar-refractivity contribution is -0.121. The first kappa shape index (κ1) is 17.5. The summed E-state index contributed by atoms with van der Waals surface area (Å²) < 4.78 is 11.0. The van der Waals surface area contributed by atoms with Crippen LogP contribution in [0.25, 0.3) is 10.9 Å². The number of hydrogen-bond donors (Lipinski definition) is 2. The van der Waals surface area contributed by atoms with E-state index in [4.69, 9.17) is 9.47 Å². The molecule has 2 heterocycles. The molecule has 2 N–H and O–H groups in total. The molecule has 0 fully saturated rings. The van der Waals surface area contributed by atoms with E-state index >= 15 is 0 Å². The van der Waals surface area contributed by atoms with Crippen molar-refractivity contribution < 1.29 is 14.3 Å². The molecule has 27 heavy (non-hydrogen) atoms. The summed E-state index contributed by atoms with van der Waals surface area (Å²) in [5.41, 5.74) is 3.24. The van der Waals surface area contributed by atoms with Crippen molar-refractivity contribution in [3.8, 4) is 11.5 Å². The van der Waals surface area contributed by atoms with Gasteiger partial charge in [0.25, 0.3) is 0 Å². The van der Waals surface area contributed by atoms with E-state index in [-0.39, 0.29) is 18.6 Å². The molecular formula is C22H24N2O3. The van der Waals surface area contributed by atoms with Crippen molar-refractivity contribution in [3.63, 3.8) is 0 Å². The Kier molecular flexibility index (Phi) is 5.01. The molecular weight excluding hydrogens is 340 g/mol. The molecule has 1 atom stereocenters. The minimum atomic E-state index is -0.0581. The highest BCUT2D eigenvalue weighted by molar-refractivity contribution is 5.86. The van der Waals surface area contributed by atoms with Gasteiger partial charge in [-0.05, 0) is 35.7 Å². The molecule has 5 heteroatoms. The summed E-state index contributed by atoms with van der Waals surface area (Å²) in [5, 5.41) is 4.18. The number of aromatic amines is 1. The van der Waals surface area contributed by atoms with Gasteiger partial charge in [-0.3, -0.25) is 4.79 Å². The predicted octanol–water partition coefficient (Wildman–Crippen LogP) is 4.33. The number of carbonyl (C=O) groups is 1. The van der Waals surface area contributed by atoms with Crippen molar-refractivity contribution in [1.82, 2.24) is 10.3 Å².